The van der Waals surface area contributed by atoms with Crippen LogP contribution >= 0.6 is 0 Å². The van der Waals surface area contributed by atoms with Crippen LogP contribution in [0.2, 0.25) is 0 Å². The Morgan fingerprint density at radius 1 is 0.793 bits per heavy atom. The lowest BCUT2D eigenvalue weighted by Crippen LogP contribution is -2.42. The number of nitrogens with one attached hydrogen (secondary N) is 3. The summed E-state index contributed by atoms with van der Waals surface area (Å²) in [4.78, 5) is 37.1. The Labute approximate surface area is 172 Å². The van der Waals surface area contributed by atoms with Gasteiger partial charge in [-0.05, 0) is 56.0 Å². The summed E-state index contributed by atoms with van der Waals surface area (Å²) < 4.78 is 0. The highest BCUT2D eigenvalue weighted by molar-refractivity contribution is 6.14. The fourth-order valence-electron chi connectivity index (χ4n) is 2.94. The van der Waals surface area contributed by atoms with E-state index in [1.54, 1.807) is 38.1 Å². The van der Waals surface area contributed by atoms with Gasteiger partial charge in [-0.25, -0.2) is 0 Å². The Morgan fingerprint density at radius 3 is 1.79 bits per heavy atom. The average Bonchev–Trinajstić information content (AvgIpc) is 2.67. The molecule has 0 aliphatic rings. The van der Waals surface area contributed by atoms with Gasteiger partial charge >= 0.3 is 0 Å². The molecule has 0 heterocycles. The quantitative estimate of drug-likeness (QED) is 0.608. The predicted octanol–water partition coefficient (Wildman–Crippen LogP) is 4.37. The van der Waals surface area contributed by atoms with Crippen LogP contribution < -0.4 is 16.0 Å². The largest absolute Gasteiger partial charge is 0.326 e. The number of para-hydroxylation sites is 1. The highest BCUT2D eigenvalue weighted by Gasteiger charge is 2.36. The summed E-state index contributed by atoms with van der Waals surface area (Å²) in [6.07, 6.45) is 1.57. The molecule has 0 aromatic heterocycles. The van der Waals surface area contributed by atoms with Gasteiger partial charge in [-0.2, -0.15) is 0 Å². The van der Waals surface area contributed by atoms with Crippen LogP contribution in [0.15, 0.2) is 42.5 Å². The SMILES string of the molecule is CCc1cccc(CC)c1NC(=O)C(C)(C)C(=O)Nc1cccc(NC(C)=O)c1. The van der Waals surface area contributed by atoms with E-state index in [4.69, 9.17) is 0 Å². The molecular formula is C23H29N3O3. The molecule has 29 heavy (non-hydrogen) atoms. The van der Waals surface area contributed by atoms with Crippen molar-refractivity contribution in [1.29, 1.82) is 0 Å². The van der Waals surface area contributed by atoms with Crippen LogP contribution in [0.4, 0.5) is 17.1 Å². The molecule has 0 bridgehead atoms. The third-order valence-corrected chi connectivity index (χ3v) is 4.81. The van der Waals surface area contributed by atoms with Gasteiger partial charge in [0.2, 0.25) is 17.7 Å². The van der Waals surface area contributed by atoms with Crippen molar-refractivity contribution in [3.8, 4) is 0 Å². The van der Waals surface area contributed by atoms with Gasteiger partial charge in [0.25, 0.3) is 0 Å². The summed E-state index contributed by atoms with van der Waals surface area (Å²) in [5, 5.41) is 8.41. The Hall–Kier alpha value is -3.15. The van der Waals surface area contributed by atoms with Crippen molar-refractivity contribution in [3.63, 3.8) is 0 Å². The molecule has 2 aromatic carbocycles. The molecule has 0 spiro atoms. The minimum atomic E-state index is -1.30. The molecule has 6 heteroatoms. The number of carbonyl (C=O) groups excluding carboxylic acids is 3. The standard InChI is InChI=1S/C23H29N3O3/c1-6-16-10-8-11-17(7-2)20(16)26-22(29)23(4,5)21(28)25-19-13-9-12-18(14-19)24-15(3)27/h8-14H,6-7H2,1-5H3,(H,24,27)(H,25,28)(H,26,29). The van der Waals surface area contributed by atoms with E-state index >= 15 is 0 Å². The Bertz CT molecular complexity index is 897. The van der Waals surface area contributed by atoms with Crippen LogP contribution in [0.1, 0.15) is 45.7 Å². The Morgan fingerprint density at radius 2 is 1.28 bits per heavy atom. The van der Waals surface area contributed by atoms with Gasteiger partial charge in [-0.3, -0.25) is 14.4 Å². The second kappa shape index (κ2) is 9.37. The molecule has 2 rings (SSSR count). The zero-order chi connectivity index (χ0) is 21.6. The summed E-state index contributed by atoms with van der Waals surface area (Å²) in [5.41, 5.74) is 2.65. The van der Waals surface area contributed by atoms with Crippen molar-refractivity contribution in [3.05, 3.63) is 53.6 Å². The summed E-state index contributed by atoms with van der Waals surface area (Å²) in [5.74, 6) is -1.000. The molecule has 0 fully saturated rings. The molecule has 3 amide bonds. The van der Waals surface area contributed by atoms with E-state index in [1.807, 2.05) is 32.0 Å². The minimum Gasteiger partial charge on any atom is -0.326 e. The van der Waals surface area contributed by atoms with Gasteiger partial charge in [-0.1, -0.05) is 38.1 Å². The lowest BCUT2D eigenvalue weighted by Gasteiger charge is -2.24. The van der Waals surface area contributed by atoms with Crippen molar-refractivity contribution in [1.82, 2.24) is 0 Å². The number of aryl methyl sites for hydroxylation is 2. The van der Waals surface area contributed by atoms with Gasteiger partial charge in [0.1, 0.15) is 5.41 Å². The van der Waals surface area contributed by atoms with Crippen LogP contribution in [0.3, 0.4) is 0 Å². The van der Waals surface area contributed by atoms with Crippen LogP contribution in [-0.2, 0) is 27.2 Å². The molecule has 3 N–H and O–H groups in total. The first-order valence-electron chi connectivity index (χ1n) is 9.80. The average molecular weight is 396 g/mol. The molecule has 0 saturated carbocycles. The van der Waals surface area contributed by atoms with E-state index in [2.05, 4.69) is 16.0 Å². The van der Waals surface area contributed by atoms with Crippen LogP contribution in [-0.4, -0.2) is 17.7 Å². The van der Waals surface area contributed by atoms with Gasteiger partial charge in [0, 0.05) is 24.0 Å². The summed E-state index contributed by atoms with van der Waals surface area (Å²) >= 11 is 0. The highest BCUT2D eigenvalue weighted by Crippen LogP contribution is 2.27. The number of carbonyl (C=O) groups is 3. The molecule has 2 aromatic rings. The molecule has 0 radical (unpaired) electrons. The molecule has 0 aliphatic carbocycles. The topological polar surface area (TPSA) is 87.3 Å². The molecule has 0 atom stereocenters. The monoisotopic (exact) mass is 395 g/mol. The lowest BCUT2D eigenvalue weighted by atomic mass is 9.90. The van der Waals surface area contributed by atoms with Crippen molar-refractivity contribution in [2.45, 2.75) is 47.5 Å². The summed E-state index contributed by atoms with van der Waals surface area (Å²) in [6.45, 7) is 8.66. The minimum absolute atomic E-state index is 0.200. The third kappa shape index (κ3) is 5.44. The first kappa shape index (κ1) is 22.1. The van der Waals surface area contributed by atoms with Crippen molar-refractivity contribution in [2.24, 2.45) is 5.41 Å². The van der Waals surface area contributed by atoms with E-state index in [0.29, 0.717) is 11.4 Å². The second-order valence-corrected chi connectivity index (χ2v) is 7.45. The lowest BCUT2D eigenvalue weighted by molar-refractivity contribution is -0.135. The van der Waals surface area contributed by atoms with E-state index in [0.717, 1.165) is 29.7 Å². The van der Waals surface area contributed by atoms with E-state index in [1.165, 1.54) is 6.92 Å². The summed E-state index contributed by atoms with van der Waals surface area (Å²) in [6, 6.07) is 12.7. The smallest absolute Gasteiger partial charge is 0.239 e. The maximum Gasteiger partial charge on any atom is 0.239 e. The van der Waals surface area contributed by atoms with Gasteiger partial charge in [-0.15, -0.1) is 0 Å². The normalized spacial score (nSPS) is 10.9. The first-order valence-corrected chi connectivity index (χ1v) is 9.80. The second-order valence-electron chi connectivity index (χ2n) is 7.45. The van der Waals surface area contributed by atoms with Gasteiger partial charge in [0.05, 0.1) is 0 Å². The first-order chi connectivity index (χ1) is 13.7. The Kier molecular flexibility index (Phi) is 7.15. The van der Waals surface area contributed by atoms with Crippen molar-refractivity contribution < 1.29 is 14.4 Å². The number of benzene rings is 2. The van der Waals surface area contributed by atoms with Gasteiger partial charge < -0.3 is 16.0 Å². The number of amides is 3. The number of rotatable bonds is 7. The molecular weight excluding hydrogens is 366 g/mol. The number of anilines is 3. The Balaban J connectivity index is 2.19. The highest BCUT2D eigenvalue weighted by atomic mass is 16.2. The van der Waals surface area contributed by atoms with Crippen LogP contribution in [0.25, 0.3) is 0 Å². The fraction of sp³-hybridized carbons (Fsp3) is 0.348. The third-order valence-electron chi connectivity index (χ3n) is 4.81. The molecule has 0 aliphatic heterocycles. The zero-order valence-electron chi connectivity index (χ0n) is 17.7. The zero-order valence-corrected chi connectivity index (χ0v) is 17.7. The fourth-order valence-corrected chi connectivity index (χ4v) is 2.94. The van der Waals surface area contributed by atoms with Crippen molar-refractivity contribution in [2.75, 3.05) is 16.0 Å². The molecule has 0 unspecified atom stereocenters. The van der Waals surface area contributed by atoms with E-state index in [-0.39, 0.29) is 11.8 Å². The number of hydrogen-bond donors (Lipinski definition) is 3. The molecule has 154 valence electrons. The van der Waals surface area contributed by atoms with E-state index < -0.39 is 11.3 Å². The van der Waals surface area contributed by atoms with E-state index in [9.17, 15) is 14.4 Å². The maximum absolute atomic E-state index is 13.0. The van der Waals surface area contributed by atoms with Crippen LogP contribution in [0, 0.1) is 5.41 Å². The molecule has 6 nitrogen and oxygen atoms in total. The van der Waals surface area contributed by atoms with Gasteiger partial charge in [0.15, 0.2) is 0 Å². The summed E-state index contributed by atoms with van der Waals surface area (Å²) in [7, 11) is 0. The van der Waals surface area contributed by atoms with Crippen molar-refractivity contribution >= 4 is 34.8 Å². The van der Waals surface area contributed by atoms with Crippen LogP contribution in [0.5, 0.6) is 0 Å². The molecule has 0 saturated heterocycles. The maximum atomic E-state index is 13.0. The predicted molar refractivity (Wildman–Crippen MR) is 117 cm³/mol. The number of hydrogen-bond acceptors (Lipinski definition) is 3.